The zero-order chi connectivity index (χ0) is 13.0. The van der Waals surface area contributed by atoms with Gasteiger partial charge in [0.15, 0.2) is 0 Å². The molecule has 0 radical (unpaired) electrons. The quantitative estimate of drug-likeness (QED) is 0.814. The summed E-state index contributed by atoms with van der Waals surface area (Å²) < 4.78 is 12.9. The Morgan fingerprint density at radius 1 is 1.00 bits per heavy atom. The van der Waals surface area contributed by atoms with Gasteiger partial charge >= 0.3 is 0 Å². The molecule has 0 aliphatic carbocycles. The van der Waals surface area contributed by atoms with E-state index < -0.39 is 0 Å². The van der Waals surface area contributed by atoms with Crippen LogP contribution in [0.3, 0.4) is 0 Å². The largest absolute Gasteiger partial charge is 0.342 e. The van der Waals surface area contributed by atoms with E-state index in [-0.39, 0.29) is 5.82 Å². The Kier molecular flexibility index (Phi) is 3.59. The predicted octanol–water partition coefficient (Wildman–Crippen LogP) is 3.86. The molecule has 0 aromatic heterocycles. The van der Waals surface area contributed by atoms with Gasteiger partial charge in [-0.3, -0.25) is 0 Å². The first-order valence-electron chi connectivity index (χ1n) is 5.78. The number of benzene rings is 2. The zero-order valence-electron chi connectivity index (χ0n) is 10.1. The van der Waals surface area contributed by atoms with Gasteiger partial charge in [-0.25, -0.2) is 4.39 Å². The Bertz CT molecular complexity index is 553. The van der Waals surface area contributed by atoms with E-state index in [9.17, 15) is 4.39 Å². The minimum Gasteiger partial charge on any atom is -0.342 e. The molecule has 0 amide bonds. The smallest absolute Gasteiger partial charge is 0.123 e. The number of nitriles is 1. The summed E-state index contributed by atoms with van der Waals surface area (Å²) in [4.78, 5) is 2.06. The molecular formula is C15H13FN2. The summed E-state index contributed by atoms with van der Waals surface area (Å²) in [5.74, 6) is -0.241. The highest BCUT2D eigenvalue weighted by molar-refractivity contribution is 5.63. The van der Waals surface area contributed by atoms with Gasteiger partial charge in [-0.1, -0.05) is 0 Å². The van der Waals surface area contributed by atoms with Gasteiger partial charge < -0.3 is 4.90 Å². The maximum Gasteiger partial charge on any atom is 0.123 e. The van der Waals surface area contributed by atoms with Crippen molar-refractivity contribution >= 4 is 11.4 Å². The molecule has 0 spiro atoms. The van der Waals surface area contributed by atoms with E-state index in [4.69, 9.17) is 5.26 Å². The first-order valence-corrected chi connectivity index (χ1v) is 5.78. The fraction of sp³-hybridized carbons (Fsp3) is 0.133. The van der Waals surface area contributed by atoms with Crippen molar-refractivity contribution in [2.75, 3.05) is 11.4 Å². The van der Waals surface area contributed by atoms with Gasteiger partial charge in [-0.05, 0) is 55.5 Å². The Hall–Kier alpha value is -2.34. The Labute approximate surface area is 106 Å². The predicted molar refractivity (Wildman–Crippen MR) is 70.2 cm³/mol. The average Bonchev–Trinajstić information content (AvgIpc) is 2.42. The van der Waals surface area contributed by atoms with Crippen molar-refractivity contribution in [3.8, 4) is 6.07 Å². The van der Waals surface area contributed by atoms with Crippen LogP contribution in [-0.4, -0.2) is 6.54 Å². The number of anilines is 2. The summed E-state index contributed by atoms with van der Waals surface area (Å²) in [5.41, 5.74) is 2.56. The van der Waals surface area contributed by atoms with Gasteiger partial charge in [0.25, 0.3) is 0 Å². The van der Waals surface area contributed by atoms with Crippen LogP contribution >= 0.6 is 0 Å². The molecule has 18 heavy (non-hydrogen) atoms. The van der Waals surface area contributed by atoms with Crippen molar-refractivity contribution in [3.63, 3.8) is 0 Å². The molecule has 2 rings (SSSR count). The van der Waals surface area contributed by atoms with E-state index in [2.05, 4.69) is 11.0 Å². The third-order valence-electron chi connectivity index (χ3n) is 2.76. The Morgan fingerprint density at radius 3 is 1.94 bits per heavy atom. The average molecular weight is 240 g/mol. The number of halogens is 1. The summed E-state index contributed by atoms with van der Waals surface area (Å²) in [5, 5.41) is 8.77. The number of rotatable bonds is 3. The second-order valence-corrected chi connectivity index (χ2v) is 3.88. The van der Waals surface area contributed by atoms with E-state index in [0.29, 0.717) is 5.56 Å². The van der Waals surface area contributed by atoms with Crippen LogP contribution in [0.4, 0.5) is 15.8 Å². The van der Waals surface area contributed by atoms with E-state index in [1.165, 1.54) is 12.1 Å². The minimum absolute atomic E-state index is 0.241. The molecule has 2 aromatic rings. The van der Waals surface area contributed by atoms with Crippen LogP contribution in [0.5, 0.6) is 0 Å². The molecule has 0 aliphatic heterocycles. The van der Waals surface area contributed by atoms with Crippen LogP contribution in [-0.2, 0) is 0 Å². The molecule has 0 fully saturated rings. The van der Waals surface area contributed by atoms with Gasteiger partial charge in [-0.2, -0.15) is 5.26 Å². The maximum atomic E-state index is 12.9. The van der Waals surface area contributed by atoms with Gasteiger partial charge in [0.2, 0.25) is 0 Å². The van der Waals surface area contributed by atoms with Gasteiger partial charge in [-0.15, -0.1) is 0 Å². The molecular weight excluding hydrogens is 227 g/mol. The first-order chi connectivity index (χ1) is 8.74. The molecule has 90 valence electrons. The van der Waals surface area contributed by atoms with Crippen LogP contribution < -0.4 is 4.90 Å². The van der Waals surface area contributed by atoms with Crippen LogP contribution in [0.1, 0.15) is 12.5 Å². The van der Waals surface area contributed by atoms with Crippen molar-refractivity contribution in [1.29, 1.82) is 5.26 Å². The summed E-state index contributed by atoms with van der Waals surface area (Å²) in [6.07, 6.45) is 0. The lowest BCUT2D eigenvalue weighted by Crippen LogP contribution is -2.15. The molecule has 0 N–H and O–H groups in total. The lowest BCUT2D eigenvalue weighted by Gasteiger charge is -2.23. The van der Waals surface area contributed by atoms with Gasteiger partial charge in [0, 0.05) is 17.9 Å². The molecule has 0 bridgehead atoms. The SMILES string of the molecule is CCN(c1ccc(F)cc1)c1ccc(C#N)cc1. The molecule has 2 aromatic carbocycles. The topological polar surface area (TPSA) is 27.0 Å². The number of hydrogen-bond acceptors (Lipinski definition) is 2. The van der Waals surface area contributed by atoms with E-state index in [1.54, 1.807) is 24.3 Å². The van der Waals surface area contributed by atoms with Crippen molar-refractivity contribution in [2.24, 2.45) is 0 Å². The van der Waals surface area contributed by atoms with E-state index >= 15 is 0 Å². The number of hydrogen-bond donors (Lipinski definition) is 0. The second kappa shape index (κ2) is 5.33. The van der Waals surface area contributed by atoms with Crippen molar-refractivity contribution in [3.05, 3.63) is 59.9 Å². The zero-order valence-corrected chi connectivity index (χ0v) is 10.1. The van der Waals surface area contributed by atoms with E-state index in [0.717, 1.165) is 17.9 Å². The summed E-state index contributed by atoms with van der Waals surface area (Å²) >= 11 is 0. The van der Waals surface area contributed by atoms with E-state index in [1.807, 2.05) is 19.1 Å². The van der Waals surface area contributed by atoms with Crippen LogP contribution in [0.15, 0.2) is 48.5 Å². The second-order valence-electron chi connectivity index (χ2n) is 3.88. The standard InChI is InChI=1S/C15H13FN2/c1-2-18(15-9-5-13(16)6-10-15)14-7-3-12(11-17)4-8-14/h3-10H,2H2,1H3. The Morgan fingerprint density at radius 2 is 1.50 bits per heavy atom. The van der Waals surface area contributed by atoms with Gasteiger partial charge in [0.05, 0.1) is 11.6 Å². The highest BCUT2D eigenvalue weighted by atomic mass is 19.1. The molecule has 0 atom stereocenters. The molecule has 0 saturated carbocycles. The summed E-state index contributed by atoms with van der Waals surface area (Å²) in [6.45, 7) is 2.80. The van der Waals surface area contributed by atoms with Crippen molar-refractivity contribution in [1.82, 2.24) is 0 Å². The lowest BCUT2D eigenvalue weighted by atomic mass is 10.2. The Balaban J connectivity index is 2.33. The fourth-order valence-corrected chi connectivity index (χ4v) is 1.85. The van der Waals surface area contributed by atoms with Crippen molar-refractivity contribution in [2.45, 2.75) is 6.92 Å². The molecule has 0 aliphatic rings. The molecule has 3 heteroatoms. The monoisotopic (exact) mass is 240 g/mol. The molecule has 0 unspecified atom stereocenters. The van der Waals surface area contributed by atoms with Crippen LogP contribution in [0.25, 0.3) is 0 Å². The third kappa shape index (κ3) is 2.49. The highest BCUT2D eigenvalue weighted by Gasteiger charge is 2.07. The molecule has 0 heterocycles. The third-order valence-corrected chi connectivity index (χ3v) is 2.76. The molecule has 0 saturated heterocycles. The van der Waals surface area contributed by atoms with Crippen molar-refractivity contribution < 1.29 is 4.39 Å². The summed E-state index contributed by atoms with van der Waals surface area (Å²) in [6, 6.07) is 15.8. The maximum absolute atomic E-state index is 12.9. The number of nitrogens with zero attached hydrogens (tertiary/aromatic N) is 2. The highest BCUT2D eigenvalue weighted by Crippen LogP contribution is 2.25. The van der Waals surface area contributed by atoms with Crippen LogP contribution in [0, 0.1) is 17.1 Å². The summed E-state index contributed by atoms with van der Waals surface area (Å²) in [7, 11) is 0. The lowest BCUT2D eigenvalue weighted by molar-refractivity contribution is 0.628. The van der Waals surface area contributed by atoms with Crippen LogP contribution in [0.2, 0.25) is 0 Å². The van der Waals surface area contributed by atoms with Gasteiger partial charge in [0.1, 0.15) is 5.82 Å². The first kappa shape index (κ1) is 12.1. The normalized spacial score (nSPS) is 9.83. The molecule has 2 nitrogen and oxygen atoms in total. The minimum atomic E-state index is -0.241. The fourth-order valence-electron chi connectivity index (χ4n) is 1.85.